The highest BCUT2D eigenvalue weighted by Gasteiger charge is 2.20. The number of pyridine rings is 1. The maximum Gasteiger partial charge on any atom is 0.407 e. The van der Waals surface area contributed by atoms with Gasteiger partial charge in [-0.1, -0.05) is 19.3 Å². The number of nitrogens with two attached hydrogens (primary N) is 1. The van der Waals surface area contributed by atoms with E-state index in [2.05, 4.69) is 10.3 Å². The molecule has 1 saturated carbocycles. The molecule has 0 saturated heterocycles. The standard InChI is InChI=1S/C11H21NO2.C7H8N2O2/c1-11(2,3)14-10(13)12-9-7-5-4-6-8-9;1-11-6-2-5(7(8)10)3-9-4-6/h9H,4-8H2,1-3H3,(H,12,13);2-4H,1H3,(H2,8,10). The lowest BCUT2D eigenvalue weighted by molar-refractivity contribution is 0.0493. The van der Waals surface area contributed by atoms with Gasteiger partial charge in [0.05, 0.1) is 18.9 Å². The van der Waals surface area contributed by atoms with E-state index in [4.69, 9.17) is 15.2 Å². The Labute approximate surface area is 149 Å². The predicted octanol–water partition coefficient (Wildman–Crippen LogP) is 3.03. The van der Waals surface area contributed by atoms with E-state index in [1.165, 1.54) is 44.8 Å². The van der Waals surface area contributed by atoms with E-state index in [0.29, 0.717) is 17.4 Å². The first-order chi connectivity index (χ1) is 11.7. The van der Waals surface area contributed by atoms with Gasteiger partial charge in [-0.3, -0.25) is 9.78 Å². The third kappa shape index (κ3) is 8.93. The van der Waals surface area contributed by atoms with Crippen LogP contribution in [-0.4, -0.2) is 35.7 Å². The van der Waals surface area contributed by atoms with Crippen molar-refractivity contribution in [2.75, 3.05) is 7.11 Å². The first-order valence-corrected chi connectivity index (χ1v) is 8.49. The molecular weight excluding hydrogens is 322 g/mol. The number of carbonyl (C=O) groups excluding carboxylic acids is 2. The van der Waals surface area contributed by atoms with E-state index in [1.54, 1.807) is 0 Å². The van der Waals surface area contributed by atoms with Gasteiger partial charge in [-0.15, -0.1) is 0 Å². The zero-order valence-electron chi connectivity index (χ0n) is 15.5. The molecule has 1 heterocycles. The topological polar surface area (TPSA) is 104 Å². The lowest BCUT2D eigenvalue weighted by atomic mass is 9.96. The zero-order chi connectivity index (χ0) is 18.9. The highest BCUT2D eigenvalue weighted by atomic mass is 16.6. The van der Waals surface area contributed by atoms with E-state index in [0.717, 1.165) is 12.8 Å². The second-order valence-electron chi connectivity index (χ2n) is 6.96. The molecule has 0 aromatic carbocycles. The van der Waals surface area contributed by atoms with Crippen molar-refractivity contribution in [3.05, 3.63) is 24.0 Å². The number of hydrogen-bond donors (Lipinski definition) is 2. The van der Waals surface area contributed by atoms with Crippen LogP contribution in [0.25, 0.3) is 0 Å². The van der Waals surface area contributed by atoms with Gasteiger partial charge < -0.3 is 20.5 Å². The third-order valence-electron chi connectivity index (χ3n) is 3.56. The average Bonchev–Trinajstić information content (AvgIpc) is 2.54. The number of alkyl carbamates (subject to hydrolysis) is 1. The highest BCUT2D eigenvalue weighted by molar-refractivity contribution is 5.92. The van der Waals surface area contributed by atoms with Crippen molar-refractivity contribution in [1.29, 1.82) is 0 Å². The van der Waals surface area contributed by atoms with Gasteiger partial charge in [0.25, 0.3) is 0 Å². The van der Waals surface area contributed by atoms with Crippen LogP contribution in [0.2, 0.25) is 0 Å². The maximum atomic E-state index is 11.4. The number of methoxy groups -OCH3 is 1. The Morgan fingerprint density at radius 3 is 2.36 bits per heavy atom. The van der Waals surface area contributed by atoms with Gasteiger partial charge in [-0.25, -0.2) is 4.79 Å². The highest BCUT2D eigenvalue weighted by Crippen LogP contribution is 2.18. The molecule has 7 nitrogen and oxygen atoms in total. The summed E-state index contributed by atoms with van der Waals surface area (Å²) in [4.78, 5) is 25.7. The molecule has 7 heteroatoms. The lowest BCUT2D eigenvalue weighted by Crippen LogP contribution is -2.39. The summed E-state index contributed by atoms with van der Waals surface area (Å²) in [5.74, 6) is 0.0256. The van der Waals surface area contributed by atoms with Crippen molar-refractivity contribution in [2.45, 2.75) is 64.5 Å². The van der Waals surface area contributed by atoms with E-state index >= 15 is 0 Å². The summed E-state index contributed by atoms with van der Waals surface area (Å²) < 4.78 is 10.0. The summed E-state index contributed by atoms with van der Waals surface area (Å²) in [6, 6.07) is 1.87. The SMILES string of the molecule is CC(C)(C)OC(=O)NC1CCCCC1.COc1cncc(C(N)=O)c1. The second kappa shape index (κ2) is 9.86. The minimum atomic E-state index is -0.503. The molecule has 1 aromatic rings. The maximum absolute atomic E-state index is 11.4. The fraction of sp³-hybridized carbons (Fsp3) is 0.611. The second-order valence-corrected chi connectivity index (χ2v) is 6.96. The third-order valence-corrected chi connectivity index (χ3v) is 3.56. The first kappa shape index (κ1) is 20.7. The van der Waals surface area contributed by atoms with Gasteiger partial charge in [0.15, 0.2) is 0 Å². The predicted molar refractivity (Wildman–Crippen MR) is 95.5 cm³/mol. The minimum absolute atomic E-state index is 0.274. The summed E-state index contributed by atoms with van der Waals surface area (Å²) in [5.41, 5.74) is 4.96. The van der Waals surface area contributed by atoms with Crippen molar-refractivity contribution in [1.82, 2.24) is 10.3 Å². The molecule has 0 bridgehead atoms. The molecule has 0 spiro atoms. The quantitative estimate of drug-likeness (QED) is 0.871. The van der Waals surface area contributed by atoms with Gasteiger partial charge >= 0.3 is 6.09 Å². The number of carbonyl (C=O) groups is 2. The molecule has 140 valence electrons. The smallest absolute Gasteiger partial charge is 0.407 e. The van der Waals surface area contributed by atoms with Gasteiger partial charge in [-0.05, 0) is 39.7 Å². The Hall–Kier alpha value is -2.31. The number of ether oxygens (including phenoxy) is 2. The molecule has 0 atom stereocenters. The summed E-state index contributed by atoms with van der Waals surface area (Å²) in [5, 5.41) is 2.91. The van der Waals surface area contributed by atoms with Crippen LogP contribution in [0.15, 0.2) is 18.5 Å². The van der Waals surface area contributed by atoms with Crippen LogP contribution in [0.4, 0.5) is 4.79 Å². The Bertz CT molecular complexity index is 564. The molecule has 0 radical (unpaired) electrons. The van der Waals surface area contributed by atoms with Gasteiger partial charge in [-0.2, -0.15) is 0 Å². The van der Waals surface area contributed by atoms with Crippen molar-refractivity contribution in [2.24, 2.45) is 5.73 Å². The van der Waals surface area contributed by atoms with Gasteiger partial charge in [0.1, 0.15) is 11.4 Å². The molecular formula is C18H29N3O4. The molecule has 1 aromatic heterocycles. The van der Waals surface area contributed by atoms with Gasteiger partial charge in [0.2, 0.25) is 5.91 Å². The number of primary amides is 1. The number of amides is 2. The Kier molecular flexibility index (Phi) is 8.18. The van der Waals surface area contributed by atoms with Crippen LogP contribution in [0.1, 0.15) is 63.2 Å². The van der Waals surface area contributed by atoms with Crippen LogP contribution in [0.3, 0.4) is 0 Å². The Morgan fingerprint density at radius 2 is 1.84 bits per heavy atom. The van der Waals surface area contributed by atoms with Crippen molar-refractivity contribution in [3.63, 3.8) is 0 Å². The van der Waals surface area contributed by atoms with E-state index < -0.39 is 11.5 Å². The number of aromatic nitrogens is 1. The minimum Gasteiger partial charge on any atom is -0.495 e. The van der Waals surface area contributed by atoms with Crippen LogP contribution in [0.5, 0.6) is 5.75 Å². The molecule has 3 N–H and O–H groups in total. The molecule has 1 aliphatic rings. The largest absolute Gasteiger partial charge is 0.495 e. The van der Waals surface area contributed by atoms with Crippen molar-refractivity contribution < 1.29 is 19.1 Å². The fourth-order valence-corrected chi connectivity index (χ4v) is 2.39. The number of rotatable bonds is 3. The zero-order valence-corrected chi connectivity index (χ0v) is 15.5. The van der Waals surface area contributed by atoms with E-state index in [9.17, 15) is 9.59 Å². The lowest BCUT2D eigenvalue weighted by Gasteiger charge is -2.25. The van der Waals surface area contributed by atoms with Crippen LogP contribution < -0.4 is 15.8 Å². The van der Waals surface area contributed by atoms with Crippen molar-refractivity contribution in [3.8, 4) is 5.75 Å². The number of nitrogens with one attached hydrogen (secondary N) is 1. The Balaban J connectivity index is 0.000000257. The van der Waals surface area contributed by atoms with Crippen molar-refractivity contribution >= 4 is 12.0 Å². The molecule has 0 unspecified atom stereocenters. The average molecular weight is 351 g/mol. The molecule has 2 rings (SSSR count). The molecule has 0 aliphatic heterocycles. The van der Waals surface area contributed by atoms with Crippen LogP contribution in [0, 0.1) is 0 Å². The van der Waals surface area contributed by atoms with Crippen LogP contribution >= 0.6 is 0 Å². The van der Waals surface area contributed by atoms with E-state index in [-0.39, 0.29) is 6.09 Å². The summed E-state index contributed by atoms with van der Waals surface area (Å²) in [6.07, 6.45) is 8.56. The number of hydrogen-bond acceptors (Lipinski definition) is 5. The summed E-state index contributed by atoms with van der Waals surface area (Å²) in [7, 11) is 1.50. The first-order valence-electron chi connectivity index (χ1n) is 8.49. The molecule has 25 heavy (non-hydrogen) atoms. The monoisotopic (exact) mass is 351 g/mol. The molecule has 2 amide bonds. The Morgan fingerprint density at radius 1 is 1.20 bits per heavy atom. The van der Waals surface area contributed by atoms with Crippen LogP contribution in [-0.2, 0) is 4.74 Å². The fourth-order valence-electron chi connectivity index (χ4n) is 2.39. The summed E-state index contributed by atoms with van der Waals surface area (Å²) >= 11 is 0. The summed E-state index contributed by atoms with van der Waals surface area (Å²) in [6.45, 7) is 5.65. The van der Waals surface area contributed by atoms with Gasteiger partial charge in [0, 0.05) is 12.2 Å². The normalized spacial score (nSPS) is 14.7. The number of nitrogens with zero attached hydrogens (tertiary/aromatic N) is 1. The molecule has 1 aliphatic carbocycles. The van der Waals surface area contributed by atoms with E-state index in [1.807, 2.05) is 20.8 Å². The molecule has 1 fully saturated rings.